The van der Waals surface area contributed by atoms with Gasteiger partial charge in [-0.15, -0.1) is 0 Å². The summed E-state index contributed by atoms with van der Waals surface area (Å²) in [5.41, 5.74) is 1.01. The number of hydrogen-bond donors (Lipinski definition) is 1. The molecule has 0 spiro atoms. The van der Waals surface area contributed by atoms with Gasteiger partial charge in [0.15, 0.2) is 0 Å². The van der Waals surface area contributed by atoms with Crippen molar-refractivity contribution in [3.05, 3.63) is 29.8 Å². The Morgan fingerprint density at radius 2 is 1.85 bits per heavy atom. The molecule has 8 heteroatoms. The van der Waals surface area contributed by atoms with Crippen LogP contribution in [0.1, 0.15) is 43.0 Å². The van der Waals surface area contributed by atoms with Gasteiger partial charge in [0.05, 0.1) is 23.3 Å². The van der Waals surface area contributed by atoms with E-state index >= 15 is 0 Å². The third-order valence-electron chi connectivity index (χ3n) is 4.64. The molecule has 0 aromatic heterocycles. The number of carbonyl (C=O) groups excluding carboxylic acids is 2. The van der Waals surface area contributed by atoms with Gasteiger partial charge in [-0.1, -0.05) is 13.3 Å². The molecule has 1 aromatic rings. The van der Waals surface area contributed by atoms with Crippen LogP contribution in [0, 0.1) is 5.92 Å². The molecule has 7 nitrogen and oxygen atoms in total. The first-order chi connectivity index (χ1) is 12.4. The van der Waals surface area contributed by atoms with Crippen LogP contribution < -0.4 is 5.32 Å². The first-order valence-electron chi connectivity index (χ1n) is 8.99. The lowest BCUT2D eigenvalue weighted by atomic mass is 10.0. The van der Waals surface area contributed by atoms with Gasteiger partial charge >= 0.3 is 5.97 Å². The minimum Gasteiger partial charge on any atom is -0.462 e. The number of unbranched alkanes of at least 4 members (excludes halogenated alkanes) is 1. The highest BCUT2D eigenvalue weighted by molar-refractivity contribution is 7.90. The Labute approximate surface area is 153 Å². The number of nitrogens with zero attached hydrogens (tertiary/aromatic N) is 1. The summed E-state index contributed by atoms with van der Waals surface area (Å²) in [6.45, 7) is 2.91. The lowest BCUT2D eigenvalue weighted by Gasteiger charge is -2.37. The normalized spacial score (nSPS) is 18.2. The van der Waals surface area contributed by atoms with Gasteiger partial charge in [0.25, 0.3) is 0 Å². The molecule has 1 saturated carbocycles. The van der Waals surface area contributed by atoms with Crippen LogP contribution in [-0.4, -0.2) is 49.5 Å². The predicted molar refractivity (Wildman–Crippen MR) is 97.3 cm³/mol. The zero-order valence-corrected chi connectivity index (χ0v) is 15.6. The molecule has 26 heavy (non-hydrogen) atoms. The van der Waals surface area contributed by atoms with Crippen LogP contribution in [0.3, 0.4) is 0 Å². The minimum atomic E-state index is -3.19. The van der Waals surface area contributed by atoms with Crippen molar-refractivity contribution in [2.75, 3.05) is 25.0 Å². The standard InChI is InChI=1S/C18H24N2O5S/c1-2-3-10-25-18(22)13-4-6-15(7-5-13)19-17(21)14-11-20(12-14)26(23,24)16-8-9-16/h4-7,14,16H,2-3,8-12H2,1H3,(H,19,21). The van der Waals surface area contributed by atoms with Crippen LogP contribution in [0.2, 0.25) is 0 Å². The van der Waals surface area contributed by atoms with Crippen LogP contribution in [0.25, 0.3) is 0 Å². The summed E-state index contributed by atoms with van der Waals surface area (Å²) in [5, 5.41) is 2.53. The van der Waals surface area contributed by atoms with Gasteiger partial charge in [-0.25, -0.2) is 13.2 Å². The Balaban J connectivity index is 1.47. The van der Waals surface area contributed by atoms with Crippen molar-refractivity contribution in [1.82, 2.24) is 4.31 Å². The number of rotatable bonds is 8. The van der Waals surface area contributed by atoms with E-state index < -0.39 is 10.0 Å². The summed E-state index contributed by atoms with van der Waals surface area (Å²) in [6.07, 6.45) is 3.24. The number of amides is 1. The number of ether oxygens (including phenoxy) is 1. The summed E-state index contributed by atoms with van der Waals surface area (Å²) in [6, 6.07) is 6.50. The van der Waals surface area contributed by atoms with Crippen LogP contribution in [-0.2, 0) is 19.6 Å². The molecule has 1 saturated heterocycles. The molecule has 0 radical (unpaired) electrons. The van der Waals surface area contributed by atoms with Gasteiger partial charge in [-0.3, -0.25) is 4.79 Å². The maximum absolute atomic E-state index is 12.2. The highest BCUT2D eigenvalue weighted by Crippen LogP contribution is 2.34. The summed E-state index contributed by atoms with van der Waals surface area (Å²) in [7, 11) is -3.19. The van der Waals surface area contributed by atoms with Gasteiger partial charge in [0.1, 0.15) is 0 Å². The van der Waals surface area contributed by atoms with E-state index in [1.54, 1.807) is 24.3 Å². The van der Waals surface area contributed by atoms with E-state index in [-0.39, 0.29) is 36.1 Å². The molecule has 3 rings (SSSR count). The van der Waals surface area contributed by atoms with Crippen molar-refractivity contribution < 1.29 is 22.7 Å². The highest BCUT2D eigenvalue weighted by Gasteiger charge is 2.46. The molecular formula is C18H24N2O5S. The van der Waals surface area contributed by atoms with Gasteiger partial charge in [-0.05, 0) is 43.5 Å². The molecule has 1 aliphatic carbocycles. The van der Waals surface area contributed by atoms with E-state index in [0.29, 0.717) is 17.9 Å². The van der Waals surface area contributed by atoms with E-state index in [9.17, 15) is 18.0 Å². The predicted octanol–water partition coefficient (Wildman–Crippen LogP) is 2.01. The zero-order valence-electron chi connectivity index (χ0n) is 14.8. The second kappa shape index (κ2) is 7.75. The Kier molecular flexibility index (Phi) is 5.62. The lowest BCUT2D eigenvalue weighted by Crippen LogP contribution is -2.55. The highest BCUT2D eigenvalue weighted by atomic mass is 32.2. The van der Waals surface area contributed by atoms with Crippen molar-refractivity contribution in [3.63, 3.8) is 0 Å². The van der Waals surface area contributed by atoms with Gasteiger partial charge < -0.3 is 10.1 Å². The molecule has 1 aromatic carbocycles. The molecule has 2 fully saturated rings. The van der Waals surface area contributed by atoms with Gasteiger partial charge in [0, 0.05) is 18.8 Å². The van der Waals surface area contributed by atoms with Gasteiger partial charge in [-0.2, -0.15) is 4.31 Å². The number of benzene rings is 1. The maximum Gasteiger partial charge on any atom is 0.338 e. The Morgan fingerprint density at radius 1 is 1.19 bits per heavy atom. The van der Waals surface area contributed by atoms with E-state index in [0.717, 1.165) is 25.7 Å². The summed E-state index contributed by atoms with van der Waals surface area (Å²) in [4.78, 5) is 24.1. The quantitative estimate of drug-likeness (QED) is 0.550. The third kappa shape index (κ3) is 4.24. The van der Waals surface area contributed by atoms with Crippen LogP contribution >= 0.6 is 0 Å². The Bertz CT molecular complexity index is 765. The summed E-state index contributed by atoms with van der Waals surface area (Å²) < 4.78 is 30.6. The second-order valence-electron chi connectivity index (χ2n) is 6.81. The fourth-order valence-corrected chi connectivity index (χ4v) is 4.64. The van der Waals surface area contributed by atoms with Crippen molar-refractivity contribution in [2.24, 2.45) is 5.92 Å². The average Bonchev–Trinajstić information content (AvgIpc) is 3.39. The molecule has 142 valence electrons. The molecule has 1 N–H and O–H groups in total. The van der Waals surface area contributed by atoms with Crippen LogP contribution in [0.5, 0.6) is 0 Å². The van der Waals surface area contributed by atoms with Crippen LogP contribution in [0.15, 0.2) is 24.3 Å². The van der Waals surface area contributed by atoms with E-state index in [1.807, 2.05) is 6.92 Å². The minimum absolute atomic E-state index is 0.203. The topological polar surface area (TPSA) is 92.8 Å². The summed E-state index contributed by atoms with van der Waals surface area (Å²) >= 11 is 0. The molecule has 0 bridgehead atoms. The molecule has 1 aliphatic heterocycles. The number of hydrogen-bond acceptors (Lipinski definition) is 5. The lowest BCUT2D eigenvalue weighted by molar-refractivity contribution is -0.122. The van der Waals surface area contributed by atoms with E-state index in [4.69, 9.17) is 4.74 Å². The summed E-state index contributed by atoms with van der Waals surface area (Å²) in [5.74, 6) is -0.913. The second-order valence-corrected chi connectivity index (χ2v) is 9.03. The first kappa shape index (κ1) is 18.8. The fourth-order valence-electron chi connectivity index (χ4n) is 2.71. The van der Waals surface area contributed by atoms with E-state index in [2.05, 4.69) is 5.32 Å². The SMILES string of the molecule is CCCCOC(=O)c1ccc(NC(=O)C2CN(S(=O)(=O)C3CC3)C2)cc1. The zero-order chi connectivity index (χ0) is 18.7. The monoisotopic (exact) mass is 380 g/mol. The number of carbonyl (C=O) groups is 2. The maximum atomic E-state index is 12.2. The Hall–Kier alpha value is -1.93. The molecule has 0 atom stereocenters. The van der Waals surface area contributed by atoms with Crippen molar-refractivity contribution in [2.45, 2.75) is 37.9 Å². The average molecular weight is 380 g/mol. The fraction of sp³-hybridized carbons (Fsp3) is 0.556. The molecule has 1 amide bonds. The van der Waals surface area contributed by atoms with E-state index in [1.165, 1.54) is 4.31 Å². The van der Waals surface area contributed by atoms with Crippen molar-refractivity contribution in [1.29, 1.82) is 0 Å². The molecule has 2 aliphatic rings. The number of anilines is 1. The Morgan fingerprint density at radius 3 is 2.42 bits per heavy atom. The largest absolute Gasteiger partial charge is 0.462 e. The third-order valence-corrected chi connectivity index (χ3v) is 6.98. The molecule has 0 unspecified atom stereocenters. The first-order valence-corrected chi connectivity index (χ1v) is 10.5. The smallest absolute Gasteiger partial charge is 0.338 e. The number of nitrogens with one attached hydrogen (secondary N) is 1. The number of sulfonamides is 1. The molecule has 1 heterocycles. The molecular weight excluding hydrogens is 356 g/mol. The van der Waals surface area contributed by atoms with Crippen molar-refractivity contribution in [3.8, 4) is 0 Å². The van der Waals surface area contributed by atoms with Crippen molar-refractivity contribution >= 4 is 27.6 Å². The van der Waals surface area contributed by atoms with Gasteiger partial charge in [0.2, 0.25) is 15.9 Å². The van der Waals surface area contributed by atoms with Crippen LogP contribution in [0.4, 0.5) is 5.69 Å². The number of esters is 1.